The van der Waals surface area contributed by atoms with Crippen LogP contribution < -0.4 is 0 Å². The molecule has 1 spiro atoms. The van der Waals surface area contributed by atoms with E-state index in [0.29, 0.717) is 0 Å². The highest BCUT2D eigenvalue weighted by Gasteiger charge is 2.53. The predicted octanol–water partition coefficient (Wildman–Crippen LogP) is 10.5. The molecule has 0 radical (unpaired) electrons. The van der Waals surface area contributed by atoms with Gasteiger partial charge in [-0.05, 0) is 73.8 Å². The third kappa shape index (κ3) is 3.64. The van der Waals surface area contributed by atoms with Crippen molar-refractivity contribution in [2.75, 3.05) is 0 Å². The first kappa shape index (κ1) is 26.8. The van der Waals surface area contributed by atoms with E-state index in [2.05, 4.69) is 164 Å². The average molecular weight is 589 g/mol. The van der Waals surface area contributed by atoms with Gasteiger partial charge in [-0.15, -0.1) is 10.2 Å². The summed E-state index contributed by atoms with van der Waals surface area (Å²) in [4.78, 5) is 0. The molecule has 0 fully saturated rings. The molecule has 2 aliphatic carbocycles. The van der Waals surface area contributed by atoms with Crippen molar-refractivity contribution in [1.82, 2.24) is 10.2 Å². The van der Waals surface area contributed by atoms with Crippen LogP contribution in [0.2, 0.25) is 0 Å². The van der Waals surface area contributed by atoms with E-state index in [4.69, 9.17) is 0 Å². The smallest absolute Gasteiger partial charge is 0.0930 e. The molecule has 9 rings (SSSR count). The molecule has 0 bridgehead atoms. The Morgan fingerprint density at radius 1 is 0.370 bits per heavy atom. The molecule has 46 heavy (non-hydrogen) atoms. The standard InChI is InChI=1S/C44H32N2/c1-43(2)35-21-8-10-23-37(35)44(38-24-11-9-22-36(38)43)34-20-7-6-18-33(34)42-32(19-13-25-39(42)44)30-16-12-17-31(28-30)41-27-26-40(45-46-41)29-14-4-3-5-15-29/h3-28H,1-2H3. The molecule has 0 aliphatic heterocycles. The quantitative estimate of drug-likeness (QED) is 0.205. The fraction of sp³-hybridized carbons (Fsp3) is 0.0909. The van der Waals surface area contributed by atoms with Crippen molar-refractivity contribution in [1.29, 1.82) is 0 Å². The summed E-state index contributed by atoms with van der Waals surface area (Å²) in [5.74, 6) is 0. The average Bonchev–Trinajstić information content (AvgIpc) is 3.43. The molecule has 218 valence electrons. The topological polar surface area (TPSA) is 25.8 Å². The van der Waals surface area contributed by atoms with Crippen LogP contribution in [0.15, 0.2) is 158 Å². The molecule has 0 atom stereocenters. The van der Waals surface area contributed by atoms with E-state index in [0.717, 1.165) is 22.5 Å². The van der Waals surface area contributed by atoms with Gasteiger partial charge in [-0.25, -0.2) is 0 Å². The van der Waals surface area contributed by atoms with Gasteiger partial charge in [0, 0.05) is 16.5 Å². The highest BCUT2D eigenvalue weighted by Crippen LogP contribution is 2.63. The first-order valence-corrected chi connectivity index (χ1v) is 16.0. The van der Waals surface area contributed by atoms with E-state index < -0.39 is 5.41 Å². The Morgan fingerprint density at radius 3 is 1.52 bits per heavy atom. The number of nitrogens with zero attached hydrogens (tertiary/aromatic N) is 2. The molecule has 0 unspecified atom stereocenters. The first-order chi connectivity index (χ1) is 22.6. The maximum Gasteiger partial charge on any atom is 0.0930 e. The molecule has 7 aromatic rings. The fourth-order valence-electron chi connectivity index (χ4n) is 8.24. The molecule has 0 saturated carbocycles. The SMILES string of the molecule is CC1(C)c2ccccc2C2(c3ccccc3-c3c(-c4cccc(-c5ccc(-c6ccccc6)nn5)c4)cccc32)c2ccccc21. The second kappa shape index (κ2) is 9.95. The Hall–Kier alpha value is -5.60. The van der Waals surface area contributed by atoms with E-state index in [-0.39, 0.29) is 5.41 Å². The number of aromatic nitrogens is 2. The third-order valence-electron chi connectivity index (χ3n) is 10.3. The molecular weight excluding hydrogens is 556 g/mol. The zero-order valence-corrected chi connectivity index (χ0v) is 25.9. The van der Waals surface area contributed by atoms with E-state index in [1.54, 1.807) is 0 Å². The van der Waals surface area contributed by atoms with Crippen molar-refractivity contribution in [2.45, 2.75) is 24.7 Å². The van der Waals surface area contributed by atoms with Crippen LogP contribution in [-0.2, 0) is 10.8 Å². The van der Waals surface area contributed by atoms with Crippen molar-refractivity contribution in [2.24, 2.45) is 0 Å². The molecule has 2 heteroatoms. The van der Waals surface area contributed by atoms with E-state index >= 15 is 0 Å². The van der Waals surface area contributed by atoms with E-state index in [1.807, 2.05) is 18.2 Å². The van der Waals surface area contributed by atoms with Crippen molar-refractivity contribution in [3.63, 3.8) is 0 Å². The van der Waals surface area contributed by atoms with Gasteiger partial charge in [-0.1, -0.05) is 153 Å². The Balaban J connectivity index is 1.26. The molecule has 0 N–H and O–H groups in total. The Kier molecular flexibility index (Phi) is 5.79. The van der Waals surface area contributed by atoms with Crippen LogP contribution in [0.3, 0.4) is 0 Å². The van der Waals surface area contributed by atoms with Gasteiger partial charge < -0.3 is 0 Å². The van der Waals surface area contributed by atoms with E-state index in [9.17, 15) is 0 Å². The number of benzene rings is 6. The largest absolute Gasteiger partial charge is 0.150 e. The number of fused-ring (bicyclic) bond motifs is 9. The lowest BCUT2D eigenvalue weighted by Crippen LogP contribution is -2.40. The lowest BCUT2D eigenvalue weighted by molar-refractivity contribution is 0.563. The van der Waals surface area contributed by atoms with Crippen molar-refractivity contribution >= 4 is 0 Å². The van der Waals surface area contributed by atoms with Crippen molar-refractivity contribution in [3.8, 4) is 44.8 Å². The summed E-state index contributed by atoms with van der Waals surface area (Å²) in [6, 6.07) is 57.3. The lowest BCUT2D eigenvalue weighted by Gasteiger charge is -2.46. The molecule has 1 heterocycles. The van der Waals surface area contributed by atoms with Gasteiger partial charge in [0.25, 0.3) is 0 Å². The zero-order chi connectivity index (χ0) is 30.9. The first-order valence-electron chi connectivity index (χ1n) is 16.0. The van der Waals surface area contributed by atoms with Crippen LogP contribution in [0.1, 0.15) is 47.2 Å². The maximum atomic E-state index is 4.65. The van der Waals surface area contributed by atoms with Crippen LogP contribution in [0.5, 0.6) is 0 Å². The lowest BCUT2D eigenvalue weighted by atomic mass is 9.55. The molecule has 0 saturated heterocycles. The Labute approximate surface area is 270 Å². The summed E-state index contributed by atoms with van der Waals surface area (Å²) in [7, 11) is 0. The Bertz CT molecular complexity index is 2230. The summed E-state index contributed by atoms with van der Waals surface area (Å²) < 4.78 is 0. The van der Waals surface area contributed by atoms with Gasteiger partial charge in [0.1, 0.15) is 0 Å². The number of rotatable bonds is 3. The number of hydrogen-bond donors (Lipinski definition) is 0. The minimum absolute atomic E-state index is 0.112. The summed E-state index contributed by atoms with van der Waals surface area (Å²) in [5.41, 5.74) is 16.6. The Morgan fingerprint density at radius 2 is 0.848 bits per heavy atom. The van der Waals surface area contributed by atoms with Gasteiger partial charge in [0.05, 0.1) is 16.8 Å². The highest BCUT2D eigenvalue weighted by atomic mass is 15.1. The summed E-state index contributed by atoms with van der Waals surface area (Å²) >= 11 is 0. The normalized spacial score (nSPS) is 14.7. The second-order valence-electron chi connectivity index (χ2n) is 13.0. The van der Waals surface area contributed by atoms with Gasteiger partial charge in [0.2, 0.25) is 0 Å². The summed E-state index contributed by atoms with van der Waals surface area (Å²) in [6.45, 7) is 4.74. The van der Waals surface area contributed by atoms with Gasteiger partial charge in [-0.2, -0.15) is 0 Å². The van der Waals surface area contributed by atoms with E-state index in [1.165, 1.54) is 55.6 Å². The van der Waals surface area contributed by atoms with Crippen molar-refractivity contribution in [3.05, 3.63) is 191 Å². The zero-order valence-electron chi connectivity index (χ0n) is 25.9. The maximum absolute atomic E-state index is 4.65. The minimum atomic E-state index is -0.402. The molecule has 1 aromatic heterocycles. The van der Waals surface area contributed by atoms with Crippen LogP contribution in [0.4, 0.5) is 0 Å². The molecular formula is C44H32N2. The molecule has 2 nitrogen and oxygen atoms in total. The van der Waals surface area contributed by atoms with Crippen LogP contribution >= 0.6 is 0 Å². The number of hydrogen-bond acceptors (Lipinski definition) is 2. The highest BCUT2D eigenvalue weighted by molar-refractivity contribution is 5.96. The fourth-order valence-corrected chi connectivity index (χ4v) is 8.24. The van der Waals surface area contributed by atoms with Gasteiger partial charge >= 0.3 is 0 Å². The van der Waals surface area contributed by atoms with Crippen molar-refractivity contribution < 1.29 is 0 Å². The molecule has 6 aromatic carbocycles. The summed E-state index contributed by atoms with van der Waals surface area (Å²) in [6.07, 6.45) is 0. The van der Waals surface area contributed by atoms with Crippen LogP contribution in [0.25, 0.3) is 44.8 Å². The minimum Gasteiger partial charge on any atom is -0.150 e. The third-order valence-corrected chi connectivity index (χ3v) is 10.3. The second-order valence-corrected chi connectivity index (χ2v) is 13.0. The van der Waals surface area contributed by atoms with Crippen LogP contribution in [0, 0.1) is 0 Å². The molecule has 0 amide bonds. The van der Waals surface area contributed by atoms with Crippen LogP contribution in [-0.4, -0.2) is 10.2 Å². The predicted molar refractivity (Wildman–Crippen MR) is 188 cm³/mol. The molecule has 2 aliphatic rings. The monoisotopic (exact) mass is 588 g/mol. The van der Waals surface area contributed by atoms with Gasteiger partial charge in [0.15, 0.2) is 0 Å². The van der Waals surface area contributed by atoms with Gasteiger partial charge in [-0.3, -0.25) is 0 Å². The summed E-state index contributed by atoms with van der Waals surface area (Å²) in [5, 5.41) is 9.23.